The molecule has 0 saturated heterocycles. The van der Waals surface area contributed by atoms with Crippen molar-refractivity contribution in [2.45, 2.75) is 22.6 Å². The van der Waals surface area contributed by atoms with Crippen LogP contribution in [0.4, 0.5) is 0 Å². The minimum Gasteiger partial charge on any atom is -0.492 e. The van der Waals surface area contributed by atoms with Crippen LogP contribution in [0.2, 0.25) is 0 Å². The molecule has 0 fully saturated rings. The number of aromatic nitrogens is 2. The average Bonchev–Trinajstić information content (AvgIpc) is 3.04. The van der Waals surface area contributed by atoms with E-state index in [1.54, 1.807) is 0 Å². The van der Waals surface area contributed by atoms with Crippen molar-refractivity contribution in [1.82, 2.24) is 9.46 Å². The Morgan fingerprint density at radius 3 is 1.27 bits per heavy atom. The first-order chi connectivity index (χ1) is 13.6. The van der Waals surface area contributed by atoms with Crippen molar-refractivity contribution >= 4 is 32.2 Å². The van der Waals surface area contributed by atoms with Crippen molar-refractivity contribution in [1.29, 1.82) is 0 Å². The maximum Gasteiger partial charge on any atom is 0.333 e. The maximum atomic E-state index is 11.7. The van der Waals surface area contributed by atoms with Crippen LogP contribution in [0.1, 0.15) is 12.8 Å². The molecule has 0 bridgehead atoms. The van der Waals surface area contributed by atoms with Gasteiger partial charge in [0.2, 0.25) is 11.8 Å². The Morgan fingerprint density at radius 2 is 1.03 bits per heavy atom. The van der Waals surface area contributed by atoms with E-state index in [4.69, 9.17) is 9.11 Å². The van der Waals surface area contributed by atoms with Crippen LogP contribution in [0.25, 0.3) is 0 Å². The van der Waals surface area contributed by atoms with E-state index in [-0.39, 0.29) is 9.46 Å². The summed E-state index contributed by atoms with van der Waals surface area (Å²) in [4.78, 5) is 29.9. The first-order valence-electron chi connectivity index (χ1n) is 7.27. The number of nitrogens with zero attached hydrogens (tertiary/aromatic N) is 2. The molecule has 0 spiro atoms. The smallest absolute Gasteiger partial charge is 0.333 e. The molecule has 2 rings (SSSR count). The molecule has 6 N–H and O–H groups in total. The number of aromatic hydroxyl groups is 4. The quantitative estimate of drug-likeness (QED) is 0.238. The van der Waals surface area contributed by atoms with Gasteiger partial charge in [0.05, 0.1) is 12.8 Å². The van der Waals surface area contributed by atoms with Crippen LogP contribution in [0.3, 0.4) is 0 Å². The van der Waals surface area contributed by atoms with Gasteiger partial charge in [-0.05, 0) is 0 Å². The highest BCUT2D eigenvalue weighted by molar-refractivity contribution is 7.86. The van der Waals surface area contributed by atoms with Crippen LogP contribution < -0.4 is 9.68 Å². The lowest BCUT2D eigenvalue weighted by atomic mass is 10.3. The third kappa shape index (κ3) is 4.74. The first-order valence-corrected chi connectivity index (χ1v) is 10.2. The summed E-state index contributed by atoms with van der Waals surface area (Å²) in [6, 6.07) is 0.743. The molecule has 30 heavy (non-hydrogen) atoms. The third-order valence-electron chi connectivity index (χ3n) is 3.24. The van der Waals surface area contributed by atoms with Gasteiger partial charge in [0.25, 0.3) is 32.0 Å². The molecule has 0 unspecified atom stereocenters. The van der Waals surface area contributed by atoms with E-state index in [1.165, 1.54) is 0 Å². The predicted molar refractivity (Wildman–Crippen MR) is 87.6 cm³/mol. The zero-order chi connectivity index (χ0) is 23.0. The molecule has 0 aliphatic rings. The maximum absolute atomic E-state index is 11.7. The molecule has 0 atom stereocenters. The van der Waals surface area contributed by atoms with Gasteiger partial charge in [0, 0.05) is 12.1 Å². The Hall–Kier alpha value is -3.48. The first kappa shape index (κ1) is 22.8. The molecular weight excluding hydrogens is 460 g/mol. The van der Waals surface area contributed by atoms with E-state index in [0.717, 1.165) is 0 Å². The van der Waals surface area contributed by atoms with Crippen molar-refractivity contribution in [3.63, 3.8) is 0 Å². The van der Waals surface area contributed by atoms with E-state index in [9.17, 15) is 46.9 Å². The van der Waals surface area contributed by atoms with E-state index >= 15 is 0 Å². The molecule has 0 radical (unpaired) electrons. The van der Waals surface area contributed by atoms with Gasteiger partial charge < -0.3 is 30.1 Å². The third-order valence-corrected chi connectivity index (χ3v) is 4.95. The lowest BCUT2D eigenvalue weighted by Gasteiger charge is -2.08. The minimum absolute atomic E-state index is 0.0568. The van der Waals surface area contributed by atoms with Gasteiger partial charge in [-0.15, -0.1) is 9.46 Å². The number of hydrogen-bond donors (Lipinski definition) is 6. The molecule has 0 aromatic carbocycles. The Morgan fingerprint density at radius 1 is 0.733 bits per heavy atom. The Balaban J connectivity index is 2.04. The molecule has 2 aromatic rings. The second-order valence-electron chi connectivity index (χ2n) is 5.35. The predicted octanol–water partition coefficient (Wildman–Crippen LogP) is -2.00. The summed E-state index contributed by atoms with van der Waals surface area (Å²) < 4.78 is 61.5. The largest absolute Gasteiger partial charge is 0.492 e. The average molecular weight is 472 g/mol. The summed E-state index contributed by atoms with van der Waals surface area (Å²) >= 11 is 0. The van der Waals surface area contributed by atoms with Crippen LogP contribution in [0.5, 0.6) is 23.5 Å². The summed E-state index contributed by atoms with van der Waals surface area (Å²) in [7, 11) is -9.91. The summed E-state index contributed by atoms with van der Waals surface area (Å²) in [5.74, 6) is -7.51. The summed E-state index contributed by atoms with van der Waals surface area (Å²) in [5.41, 5.74) is 0. The fourth-order valence-electron chi connectivity index (χ4n) is 1.96. The lowest BCUT2D eigenvalue weighted by Crippen LogP contribution is -2.23. The normalized spacial score (nSPS) is 11.9. The summed E-state index contributed by atoms with van der Waals surface area (Å²) in [5, 5.41) is 38.0. The molecule has 18 heteroatoms. The zero-order valence-electron chi connectivity index (χ0n) is 14.2. The monoisotopic (exact) mass is 472 g/mol. The molecule has 0 aliphatic carbocycles. The fraction of sp³-hybridized carbons (Fsp3) is 0.167. The van der Waals surface area contributed by atoms with E-state index in [1.807, 2.05) is 0 Å². The second kappa shape index (κ2) is 7.74. The molecule has 2 aromatic heterocycles. The lowest BCUT2D eigenvalue weighted by molar-refractivity contribution is -0.152. The van der Waals surface area contributed by atoms with Gasteiger partial charge >= 0.3 is 11.9 Å². The number of rotatable bonds is 7. The molecule has 0 aliphatic heterocycles. The van der Waals surface area contributed by atoms with E-state index < -0.39 is 78.3 Å². The highest BCUT2D eigenvalue weighted by Gasteiger charge is 2.27. The fourth-order valence-corrected chi connectivity index (χ4v) is 3.09. The highest BCUT2D eigenvalue weighted by Crippen LogP contribution is 2.31. The summed E-state index contributed by atoms with van der Waals surface area (Å²) in [6.45, 7) is 0. The van der Waals surface area contributed by atoms with Crippen molar-refractivity contribution < 1.29 is 65.6 Å². The topological polar surface area (TPSA) is 252 Å². The van der Waals surface area contributed by atoms with Crippen LogP contribution in [0.15, 0.2) is 21.9 Å². The van der Waals surface area contributed by atoms with Crippen LogP contribution >= 0.6 is 0 Å². The second-order valence-corrected chi connectivity index (χ2v) is 8.13. The molecule has 0 amide bonds. The van der Waals surface area contributed by atoms with Crippen molar-refractivity contribution in [3.8, 4) is 23.5 Å². The molecule has 0 saturated carbocycles. The van der Waals surface area contributed by atoms with E-state index in [2.05, 4.69) is 9.68 Å². The molecule has 16 nitrogen and oxygen atoms in total. The zero-order valence-corrected chi connectivity index (χ0v) is 15.9. The summed E-state index contributed by atoms with van der Waals surface area (Å²) in [6.07, 6.45) is -1.63. The number of hydrogen-bond acceptors (Lipinski definition) is 12. The Labute approximate surface area is 166 Å². The minimum atomic E-state index is -4.95. The van der Waals surface area contributed by atoms with Gasteiger partial charge in [-0.2, -0.15) is 16.8 Å². The van der Waals surface area contributed by atoms with Crippen molar-refractivity contribution in [3.05, 3.63) is 12.1 Å². The van der Waals surface area contributed by atoms with Gasteiger partial charge in [-0.25, -0.2) is 9.59 Å². The van der Waals surface area contributed by atoms with Crippen LogP contribution in [0, 0.1) is 0 Å². The van der Waals surface area contributed by atoms with Crippen molar-refractivity contribution in [2.75, 3.05) is 0 Å². The Kier molecular flexibility index (Phi) is 5.88. The van der Waals surface area contributed by atoms with E-state index in [0.29, 0.717) is 12.1 Å². The van der Waals surface area contributed by atoms with Gasteiger partial charge in [0.15, 0.2) is 9.79 Å². The number of carbonyl (C=O) groups is 2. The SMILES string of the molecule is O=C(CCC(=O)On1c(O)cc(S(=O)(=O)O)c1O)On1c(O)cc(S(=O)(=O)O)c1O. The Bertz CT molecular complexity index is 1120. The van der Waals surface area contributed by atoms with Crippen LogP contribution in [-0.2, 0) is 29.8 Å². The van der Waals surface area contributed by atoms with Gasteiger partial charge in [0.1, 0.15) is 0 Å². The van der Waals surface area contributed by atoms with Gasteiger partial charge in [-0.3, -0.25) is 9.11 Å². The molecule has 166 valence electrons. The van der Waals surface area contributed by atoms with Crippen molar-refractivity contribution in [2.24, 2.45) is 0 Å². The highest BCUT2D eigenvalue weighted by atomic mass is 32.2. The standard InChI is InChI=1S/C12H12N2O14S2/c15-7-3-5(29(21,22)23)11(19)13(7)27-9(17)1-2-10(18)28-14-8(16)4-6(12(14)20)30(24,25)26/h3-4,15-16,19-20H,1-2H2,(H,21,22,23)(H,24,25,26). The van der Waals surface area contributed by atoms with Crippen LogP contribution in [-0.4, -0.2) is 67.8 Å². The molecular formula is C12H12N2O14S2. The van der Waals surface area contributed by atoms with Gasteiger partial charge in [-0.1, -0.05) is 0 Å². The number of carbonyl (C=O) groups excluding carboxylic acids is 2. The molecule has 2 heterocycles.